The van der Waals surface area contributed by atoms with Crippen LogP contribution in [0.25, 0.3) is 0 Å². The average Bonchev–Trinajstić information content (AvgIpc) is 2.09. The summed E-state index contributed by atoms with van der Waals surface area (Å²) in [7, 11) is 3.09. The smallest absolute Gasteiger partial charge is 0.278 e. The van der Waals surface area contributed by atoms with E-state index in [2.05, 4.69) is 9.97 Å². The standard InChI is InChI=1S/C8H12N2O2/c1-5-6(2)10-8(12-4)7(9-5)11-3/h1-4H3. The van der Waals surface area contributed by atoms with Gasteiger partial charge in [-0.15, -0.1) is 0 Å². The van der Waals surface area contributed by atoms with Crippen LogP contribution >= 0.6 is 0 Å². The van der Waals surface area contributed by atoms with Crippen molar-refractivity contribution < 1.29 is 9.47 Å². The number of hydrogen-bond donors (Lipinski definition) is 0. The molecule has 0 saturated carbocycles. The fourth-order valence-corrected chi connectivity index (χ4v) is 0.828. The molecule has 0 aromatic carbocycles. The van der Waals surface area contributed by atoms with E-state index in [0.717, 1.165) is 11.4 Å². The van der Waals surface area contributed by atoms with Gasteiger partial charge in [-0.3, -0.25) is 0 Å². The second-order valence-corrected chi connectivity index (χ2v) is 2.41. The molecule has 1 aromatic rings. The highest BCUT2D eigenvalue weighted by Crippen LogP contribution is 2.21. The summed E-state index contributed by atoms with van der Waals surface area (Å²) in [5.41, 5.74) is 1.71. The van der Waals surface area contributed by atoms with Gasteiger partial charge in [0.05, 0.1) is 25.6 Å². The number of aryl methyl sites for hydroxylation is 2. The van der Waals surface area contributed by atoms with Crippen molar-refractivity contribution in [2.45, 2.75) is 13.8 Å². The molecular formula is C8H12N2O2. The van der Waals surface area contributed by atoms with Crippen molar-refractivity contribution in [3.63, 3.8) is 0 Å². The molecule has 4 heteroatoms. The predicted octanol–water partition coefficient (Wildman–Crippen LogP) is 1.11. The van der Waals surface area contributed by atoms with E-state index in [1.54, 1.807) is 14.2 Å². The van der Waals surface area contributed by atoms with Gasteiger partial charge in [0.1, 0.15) is 0 Å². The van der Waals surface area contributed by atoms with Gasteiger partial charge in [0.2, 0.25) is 0 Å². The molecule has 0 saturated heterocycles. The molecule has 0 amide bonds. The molecule has 0 unspecified atom stereocenters. The Hall–Kier alpha value is -1.32. The molecule has 1 rings (SSSR count). The monoisotopic (exact) mass is 168 g/mol. The fourth-order valence-electron chi connectivity index (χ4n) is 0.828. The Bertz CT molecular complexity index is 258. The lowest BCUT2D eigenvalue weighted by atomic mass is 10.3. The van der Waals surface area contributed by atoms with Crippen molar-refractivity contribution in [3.05, 3.63) is 11.4 Å². The van der Waals surface area contributed by atoms with Gasteiger partial charge >= 0.3 is 0 Å². The van der Waals surface area contributed by atoms with Crippen molar-refractivity contribution in [1.82, 2.24) is 9.97 Å². The highest BCUT2D eigenvalue weighted by molar-refractivity contribution is 5.28. The van der Waals surface area contributed by atoms with Crippen LogP contribution in [0.4, 0.5) is 0 Å². The van der Waals surface area contributed by atoms with Crippen LogP contribution in [-0.4, -0.2) is 24.2 Å². The normalized spacial score (nSPS) is 9.67. The minimum atomic E-state index is 0.431. The summed E-state index contributed by atoms with van der Waals surface area (Å²) in [6.45, 7) is 3.76. The van der Waals surface area contributed by atoms with Crippen molar-refractivity contribution in [1.29, 1.82) is 0 Å². The Labute approximate surface area is 71.6 Å². The summed E-state index contributed by atoms with van der Waals surface area (Å²) >= 11 is 0. The first-order valence-electron chi connectivity index (χ1n) is 3.62. The van der Waals surface area contributed by atoms with Gasteiger partial charge in [0.25, 0.3) is 11.8 Å². The zero-order valence-corrected chi connectivity index (χ0v) is 7.71. The first-order valence-corrected chi connectivity index (χ1v) is 3.62. The Morgan fingerprint density at radius 3 is 1.42 bits per heavy atom. The Morgan fingerprint density at radius 1 is 0.833 bits per heavy atom. The quantitative estimate of drug-likeness (QED) is 0.663. The minimum Gasteiger partial charge on any atom is -0.477 e. The summed E-state index contributed by atoms with van der Waals surface area (Å²) in [5, 5.41) is 0. The van der Waals surface area contributed by atoms with Crippen LogP contribution in [0.2, 0.25) is 0 Å². The van der Waals surface area contributed by atoms with E-state index in [-0.39, 0.29) is 0 Å². The molecule has 0 aliphatic carbocycles. The molecule has 66 valence electrons. The number of hydrogen-bond acceptors (Lipinski definition) is 4. The molecule has 0 fully saturated rings. The lowest BCUT2D eigenvalue weighted by Gasteiger charge is -2.07. The third-order valence-electron chi connectivity index (χ3n) is 1.63. The van der Waals surface area contributed by atoms with Gasteiger partial charge in [-0.25, -0.2) is 9.97 Å². The van der Waals surface area contributed by atoms with E-state index in [9.17, 15) is 0 Å². The van der Waals surface area contributed by atoms with Crippen LogP contribution in [0.1, 0.15) is 11.4 Å². The number of rotatable bonds is 2. The number of nitrogens with zero attached hydrogens (tertiary/aromatic N) is 2. The van der Waals surface area contributed by atoms with Crippen molar-refractivity contribution in [3.8, 4) is 11.8 Å². The van der Waals surface area contributed by atoms with E-state index in [1.807, 2.05) is 13.8 Å². The van der Waals surface area contributed by atoms with Gasteiger partial charge < -0.3 is 9.47 Å². The second kappa shape index (κ2) is 3.38. The van der Waals surface area contributed by atoms with E-state index in [0.29, 0.717) is 11.8 Å². The number of aromatic nitrogens is 2. The molecule has 0 N–H and O–H groups in total. The predicted molar refractivity (Wildman–Crippen MR) is 44.6 cm³/mol. The third-order valence-corrected chi connectivity index (χ3v) is 1.63. The van der Waals surface area contributed by atoms with Crippen LogP contribution < -0.4 is 9.47 Å². The zero-order valence-electron chi connectivity index (χ0n) is 7.71. The second-order valence-electron chi connectivity index (χ2n) is 2.41. The maximum absolute atomic E-state index is 4.97. The molecule has 0 bridgehead atoms. The van der Waals surface area contributed by atoms with E-state index < -0.39 is 0 Å². The minimum absolute atomic E-state index is 0.431. The zero-order chi connectivity index (χ0) is 9.14. The largest absolute Gasteiger partial charge is 0.477 e. The summed E-state index contributed by atoms with van der Waals surface area (Å²) in [4.78, 5) is 8.30. The maximum atomic E-state index is 4.97. The van der Waals surface area contributed by atoms with Crippen molar-refractivity contribution >= 4 is 0 Å². The van der Waals surface area contributed by atoms with Gasteiger partial charge in [0.15, 0.2) is 0 Å². The Kier molecular flexibility index (Phi) is 2.47. The van der Waals surface area contributed by atoms with Gasteiger partial charge in [-0.05, 0) is 13.8 Å². The van der Waals surface area contributed by atoms with Gasteiger partial charge in [-0.2, -0.15) is 0 Å². The molecule has 0 radical (unpaired) electrons. The van der Waals surface area contributed by atoms with Gasteiger partial charge in [-0.1, -0.05) is 0 Å². The van der Waals surface area contributed by atoms with Crippen LogP contribution in [-0.2, 0) is 0 Å². The molecule has 4 nitrogen and oxygen atoms in total. The number of methoxy groups -OCH3 is 2. The highest BCUT2D eigenvalue weighted by atomic mass is 16.5. The summed E-state index contributed by atoms with van der Waals surface area (Å²) < 4.78 is 9.95. The molecule has 0 aliphatic rings. The van der Waals surface area contributed by atoms with Crippen LogP contribution in [0.15, 0.2) is 0 Å². The molecule has 1 aromatic heterocycles. The van der Waals surface area contributed by atoms with Gasteiger partial charge in [0, 0.05) is 0 Å². The number of ether oxygens (including phenoxy) is 2. The van der Waals surface area contributed by atoms with Crippen LogP contribution in [0.3, 0.4) is 0 Å². The molecule has 0 spiro atoms. The Morgan fingerprint density at radius 2 is 1.17 bits per heavy atom. The lowest BCUT2D eigenvalue weighted by Crippen LogP contribution is -2.00. The van der Waals surface area contributed by atoms with Crippen molar-refractivity contribution in [2.75, 3.05) is 14.2 Å². The Balaban J connectivity index is 3.19. The topological polar surface area (TPSA) is 44.2 Å². The average molecular weight is 168 g/mol. The van der Waals surface area contributed by atoms with Crippen molar-refractivity contribution in [2.24, 2.45) is 0 Å². The molecule has 12 heavy (non-hydrogen) atoms. The van der Waals surface area contributed by atoms with E-state index >= 15 is 0 Å². The summed E-state index contributed by atoms with van der Waals surface area (Å²) in [5.74, 6) is 0.862. The first kappa shape index (κ1) is 8.77. The summed E-state index contributed by atoms with van der Waals surface area (Å²) in [6, 6.07) is 0. The summed E-state index contributed by atoms with van der Waals surface area (Å²) in [6.07, 6.45) is 0. The molecule has 0 aliphatic heterocycles. The maximum Gasteiger partial charge on any atom is 0.278 e. The first-order chi connectivity index (χ1) is 5.69. The molecule has 1 heterocycles. The highest BCUT2D eigenvalue weighted by Gasteiger charge is 2.08. The SMILES string of the molecule is COc1nc(C)c(C)nc1OC. The van der Waals surface area contributed by atoms with E-state index in [4.69, 9.17) is 9.47 Å². The molecule has 0 atom stereocenters. The third kappa shape index (κ3) is 1.47. The lowest BCUT2D eigenvalue weighted by molar-refractivity contribution is 0.329. The van der Waals surface area contributed by atoms with Crippen LogP contribution in [0, 0.1) is 13.8 Å². The fraction of sp³-hybridized carbons (Fsp3) is 0.500. The van der Waals surface area contributed by atoms with E-state index in [1.165, 1.54) is 0 Å². The molecular weight excluding hydrogens is 156 g/mol. The van der Waals surface area contributed by atoms with Crippen LogP contribution in [0.5, 0.6) is 11.8 Å².